The number of benzene rings is 1. The second-order valence-electron chi connectivity index (χ2n) is 6.88. The Morgan fingerprint density at radius 3 is 2.63 bits per heavy atom. The average Bonchev–Trinajstić information content (AvgIpc) is 3.02. The fourth-order valence-corrected chi connectivity index (χ4v) is 3.26. The van der Waals surface area contributed by atoms with Gasteiger partial charge < -0.3 is 15.5 Å². The number of amides is 1. The molecular weight excluding hydrogens is 340 g/mol. The van der Waals surface area contributed by atoms with Crippen molar-refractivity contribution in [3.8, 4) is 11.1 Å². The van der Waals surface area contributed by atoms with Crippen molar-refractivity contribution < 1.29 is 9.53 Å². The van der Waals surface area contributed by atoms with Gasteiger partial charge >= 0.3 is 0 Å². The standard InChI is InChI=1S/C21H26N4O2/c1-14(2)25(11-12-27-3)13-18-19(17-5-4-10-23-21(17)24-18)15-6-8-16(9-7-15)20(22)26/h4-10,14H,11-13H2,1-3H3,(H2,22,26)(H,23,24). The second kappa shape index (κ2) is 8.33. The number of carbonyl (C=O) groups excluding carboxylic acids is 1. The third-order valence-electron chi connectivity index (χ3n) is 4.78. The third-order valence-corrected chi connectivity index (χ3v) is 4.78. The number of aromatic nitrogens is 2. The molecule has 0 saturated carbocycles. The van der Waals surface area contributed by atoms with E-state index in [9.17, 15) is 4.79 Å². The summed E-state index contributed by atoms with van der Waals surface area (Å²) < 4.78 is 5.26. The smallest absolute Gasteiger partial charge is 0.248 e. The van der Waals surface area contributed by atoms with Crippen molar-refractivity contribution in [1.82, 2.24) is 14.9 Å². The van der Waals surface area contributed by atoms with Crippen LogP contribution in [0.15, 0.2) is 42.6 Å². The summed E-state index contributed by atoms with van der Waals surface area (Å²) in [5.41, 5.74) is 9.97. The van der Waals surface area contributed by atoms with Gasteiger partial charge in [0.15, 0.2) is 0 Å². The number of hydrogen-bond donors (Lipinski definition) is 2. The van der Waals surface area contributed by atoms with E-state index in [-0.39, 0.29) is 0 Å². The zero-order valence-corrected chi connectivity index (χ0v) is 16.0. The van der Waals surface area contributed by atoms with Crippen LogP contribution in [-0.4, -0.2) is 47.1 Å². The minimum atomic E-state index is -0.423. The van der Waals surface area contributed by atoms with Crippen molar-refractivity contribution >= 4 is 16.9 Å². The normalized spacial score (nSPS) is 11.6. The van der Waals surface area contributed by atoms with E-state index in [2.05, 4.69) is 34.8 Å². The summed E-state index contributed by atoms with van der Waals surface area (Å²) in [5.74, 6) is -0.423. The van der Waals surface area contributed by atoms with Crippen LogP contribution in [0.25, 0.3) is 22.2 Å². The van der Waals surface area contributed by atoms with E-state index in [1.165, 1.54) is 0 Å². The molecule has 0 radical (unpaired) electrons. The Morgan fingerprint density at radius 1 is 1.26 bits per heavy atom. The molecule has 0 spiro atoms. The lowest BCUT2D eigenvalue weighted by atomic mass is 10.0. The van der Waals surface area contributed by atoms with Gasteiger partial charge in [-0.05, 0) is 43.7 Å². The van der Waals surface area contributed by atoms with Gasteiger partial charge in [-0.25, -0.2) is 4.98 Å². The summed E-state index contributed by atoms with van der Waals surface area (Å²) >= 11 is 0. The largest absolute Gasteiger partial charge is 0.383 e. The highest BCUT2D eigenvalue weighted by atomic mass is 16.5. The fourth-order valence-electron chi connectivity index (χ4n) is 3.26. The molecule has 6 nitrogen and oxygen atoms in total. The number of nitrogens with two attached hydrogens (primary N) is 1. The van der Waals surface area contributed by atoms with Crippen LogP contribution in [0.5, 0.6) is 0 Å². The minimum Gasteiger partial charge on any atom is -0.383 e. The Morgan fingerprint density at radius 2 is 2.00 bits per heavy atom. The molecule has 0 unspecified atom stereocenters. The Hall–Kier alpha value is -2.70. The first-order valence-corrected chi connectivity index (χ1v) is 9.10. The minimum absolute atomic E-state index is 0.379. The number of ether oxygens (including phenoxy) is 1. The summed E-state index contributed by atoms with van der Waals surface area (Å²) in [7, 11) is 1.72. The van der Waals surface area contributed by atoms with E-state index in [0.717, 1.165) is 40.9 Å². The molecule has 3 N–H and O–H groups in total. The SMILES string of the molecule is COCCN(Cc1[nH]c2ncccc2c1-c1ccc(C(N)=O)cc1)C(C)C. The predicted octanol–water partition coefficient (Wildman–Crippen LogP) is 3.19. The third kappa shape index (κ3) is 4.18. The molecule has 142 valence electrons. The van der Waals surface area contributed by atoms with Crippen molar-refractivity contribution in [3.05, 3.63) is 53.9 Å². The molecule has 1 aromatic carbocycles. The molecule has 0 fully saturated rings. The predicted molar refractivity (Wildman–Crippen MR) is 107 cm³/mol. The number of nitrogens with zero attached hydrogens (tertiary/aromatic N) is 2. The maximum atomic E-state index is 11.4. The maximum Gasteiger partial charge on any atom is 0.248 e. The van der Waals surface area contributed by atoms with Gasteiger partial charge in [-0.2, -0.15) is 0 Å². The van der Waals surface area contributed by atoms with E-state index in [1.54, 1.807) is 25.4 Å². The van der Waals surface area contributed by atoms with Crippen molar-refractivity contribution in [2.24, 2.45) is 5.73 Å². The van der Waals surface area contributed by atoms with Crippen molar-refractivity contribution in [2.75, 3.05) is 20.3 Å². The molecular formula is C21H26N4O2. The molecule has 0 aliphatic carbocycles. The van der Waals surface area contributed by atoms with Crippen LogP contribution in [0.4, 0.5) is 0 Å². The number of pyridine rings is 1. The Kier molecular flexibility index (Phi) is 5.88. The summed E-state index contributed by atoms with van der Waals surface area (Å²) in [6.45, 7) is 6.64. The molecule has 0 atom stereocenters. The number of nitrogens with one attached hydrogen (secondary N) is 1. The van der Waals surface area contributed by atoms with Crippen LogP contribution in [0.1, 0.15) is 29.9 Å². The summed E-state index contributed by atoms with van der Waals surface area (Å²) in [4.78, 5) is 21.7. The molecule has 3 aromatic rings. The number of methoxy groups -OCH3 is 1. The first-order chi connectivity index (χ1) is 13.0. The van der Waals surface area contributed by atoms with E-state index in [1.807, 2.05) is 18.2 Å². The van der Waals surface area contributed by atoms with Crippen LogP contribution in [0.3, 0.4) is 0 Å². The quantitative estimate of drug-likeness (QED) is 0.641. The van der Waals surface area contributed by atoms with Crippen LogP contribution in [0, 0.1) is 0 Å². The highest BCUT2D eigenvalue weighted by Gasteiger charge is 2.18. The number of aromatic amines is 1. The van der Waals surface area contributed by atoms with Gasteiger partial charge in [0.1, 0.15) is 5.65 Å². The van der Waals surface area contributed by atoms with E-state index in [4.69, 9.17) is 10.5 Å². The molecule has 6 heteroatoms. The number of H-pyrrole nitrogens is 1. The van der Waals surface area contributed by atoms with Gasteiger partial charge in [-0.15, -0.1) is 0 Å². The van der Waals surface area contributed by atoms with Crippen LogP contribution in [0.2, 0.25) is 0 Å². The van der Waals surface area contributed by atoms with Gasteiger partial charge in [0, 0.05) is 54.6 Å². The summed E-state index contributed by atoms with van der Waals surface area (Å²) in [6.07, 6.45) is 1.79. The topological polar surface area (TPSA) is 84.2 Å². The number of fused-ring (bicyclic) bond motifs is 1. The first kappa shape index (κ1) is 19.1. The van der Waals surface area contributed by atoms with Crippen molar-refractivity contribution in [3.63, 3.8) is 0 Å². The molecule has 2 aromatic heterocycles. The average molecular weight is 366 g/mol. The van der Waals surface area contributed by atoms with E-state index in [0.29, 0.717) is 18.2 Å². The summed E-state index contributed by atoms with van der Waals surface area (Å²) in [6, 6.07) is 11.8. The van der Waals surface area contributed by atoms with Crippen LogP contribution >= 0.6 is 0 Å². The zero-order valence-electron chi connectivity index (χ0n) is 16.0. The van der Waals surface area contributed by atoms with Gasteiger partial charge in [0.05, 0.1) is 6.61 Å². The number of primary amides is 1. The molecule has 0 bridgehead atoms. The fraction of sp³-hybridized carbons (Fsp3) is 0.333. The van der Waals surface area contributed by atoms with Crippen molar-refractivity contribution in [1.29, 1.82) is 0 Å². The van der Waals surface area contributed by atoms with Gasteiger partial charge in [-0.1, -0.05) is 12.1 Å². The Balaban J connectivity index is 2.04. The molecule has 2 heterocycles. The van der Waals surface area contributed by atoms with Gasteiger partial charge in [-0.3, -0.25) is 9.69 Å². The molecule has 27 heavy (non-hydrogen) atoms. The first-order valence-electron chi connectivity index (χ1n) is 9.10. The lowest BCUT2D eigenvalue weighted by molar-refractivity contribution is 0.100. The van der Waals surface area contributed by atoms with Crippen molar-refractivity contribution in [2.45, 2.75) is 26.4 Å². The Labute approximate surface area is 159 Å². The molecule has 0 aliphatic heterocycles. The van der Waals surface area contributed by atoms with E-state index >= 15 is 0 Å². The lowest BCUT2D eigenvalue weighted by Gasteiger charge is -2.26. The number of rotatable bonds is 8. The van der Waals surface area contributed by atoms with E-state index < -0.39 is 5.91 Å². The molecule has 0 saturated heterocycles. The maximum absolute atomic E-state index is 11.4. The molecule has 0 aliphatic rings. The molecule has 1 amide bonds. The lowest BCUT2D eigenvalue weighted by Crippen LogP contribution is -2.33. The summed E-state index contributed by atoms with van der Waals surface area (Å²) in [5, 5.41) is 1.06. The number of hydrogen-bond acceptors (Lipinski definition) is 4. The zero-order chi connectivity index (χ0) is 19.4. The monoisotopic (exact) mass is 366 g/mol. The van der Waals surface area contributed by atoms with Crippen LogP contribution in [-0.2, 0) is 11.3 Å². The van der Waals surface area contributed by atoms with Crippen LogP contribution < -0.4 is 5.73 Å². The highest BCUT2D eigenvalue weighted by Crippen LogP contribution is 2.32. The number of carbonyl (C=O) groups is 1. The van der Waals surface area contributed by atoms with Gasteiger partial charge in [0.25, 0.3) is 0 Å². The molecule has 3 rings (SSSR count). The second-order valence-corrected chi connectivity index (χ2v) is 6.88. The Bertz CT molecular complexity index is 916. The van der Waals surface area contributed by atoms with Gasteiger partial charge in [0.2, 0.25) is 5.91 Å². The highest BCUT2D eigenvalue weighted by molar-refractivity contribution is 5.97.